The third-order valence-electron chi connectivity index (χ3n) is 2.49. The summed E-state index contributed by atoms with van der Waals surface area (Å²) < 4.78 is 6.55. The SMILES string of the molecule is CCNc1nc(C(OC)C(C)C)nc(C)c1I. The first-order valence-electron chi connectivity index (χ1n) is 5.81. The molecule has 1 atom stereocenters. The molecule has 1 unspecified atom stereocenters. The van der Waals surface area contributed by atoms with Crippen molar-refractivity contribution in [2.45, 2.75) is 33.8 Å². The van der Waals surface area contributed by atoms with Gasteiger partial charge in [-0.25, -0.2) is 9.97 Å². The Morgan fingerprint density at radius 1 is 1.35 bits per heavy atom. The Bertz CT molecular complexity index is 382. The number of anilines is 1. The van der Waals surface area contributed by atoms with E-state index in [4.69, 9.17) is 4.74 Å². The van der Waals surface area contributed by atoms with Crippen molar-refractivity contribution in [1.29, 1.82) is 0 Å². The summed E-state index contributed by atoms with van der Waals surface area (Å²) in [4.78, 5) is 9.08. The zero-order valence-corrected chi connectivity index (χ0v) is 13.2. The van der Waals surface area contributed by atoms with Crippen molar-refractivity contribution in [2.24, 2.45) is 5.92 Å². The Hall–Kier alpha value is -0.430. The maximum absolute atomic E-state index is 5.47. The normalized spacial score (nSPS) is 12.9. The molecule has 5 heteroatoms. The number of rotatable bonds is 5. The van der Waals surface area contributed by atoms with E-state index in [0.29, 0.717) is 5.92 Å². The van der Waals surface area contributed by atoms with Crippen LogP contribution in [-0.2, 0) is 4.74 Å². The maximum Gasteiger partial charge on any atom is 0.160 e. The van der Waals surface area contributed by atoms with Crippen molar-refractivity contribution in [3.8, 4) is 0 Å². The molecular weight excluding hydrogens is 329 g/mol. The molecule has 0 spiro atoms. The van der Waals surface area contributed by atoms with Gasteiger partial charge in [0.25, 0.3) is 0 Å². The van der Waals surface area contributed by atoms with Crippen LogP contribution in [0.1, 0.15) is 38.4 Å². The van der Waals surface area contributed by atoms with Gasteiger partial charge < -0.3 is 10.1 Å². The van der Waals surface area contributed by atoms with E-state index < -0.39 is 0 Å². The third-order valence-corrected chi connectivity index (χ3v) is 3.78. The molecule has 1 heterocycles. The quantitative estimate of drug-likeness (QED) is 0.830. The Balaban J connectivity index is 3.16. The molecule has 0 aliphatic rings. The van der Waals surface area contributed by atoms with Crippen LogP contribution in [0.25, 0.3) is 0 Å². The number of halogens is 1. The molecule has 96 valence electrons. The summed E-state index contributed by atoms with van der Waals surface area (Å²) in [5.74, 6) is 2.02. The van der Waals surface area contributed by atoms with Crippen LogP contribution in [-0.4, -0.2) is 23.6 Å². The lowest BCUT2D eigenvalue weighted by atomic mass is 10.1. The van der Waals surface area contributed by atoms with Crippen molar-refractivity contribution < 1.29 is 4.74 Å². The van der Waals surface area contributed by atoms with Crippen LogP contribution < -0.4 is 5.32 Å². The number of nitrogens with zero attached hydrogens (tertiary/aromatic N) is 2. The van der Waals surface area contributed by atoms with E-state index >= 15 is 0 Å². The van der Waals surface area contributed by atoms with Crippen LogP contribution >= 0.6 is 22.6 Å². The fraction of sp³-hybridized carbons (Fsp3) is 0.667. The molecule has 0 saturated heterocycles. The number of nitrogens with one attached hydrogen (secondary N) is 1. The number of aromatic nitrogens is 2. The fourth-order valence-electron chi connectivity index (χ4n) is 1.67. The van der Waals surface area contributed by atoms with E-state index in [0.717, 1.165) is 27.5 Å². The number of hydrogen-bond donors (Lipinski definition) is 1. The minimum atomic E-state index is -0.0527. The predicted molar refractivity (Wildman–Crippen MR) is 78.2 cm³/mol. The van der Waals surface area contributed by atoms with Gasteiger partial charge >= 0.3 is 0 Å². The number of hydrogen-bond acceptors (Lipinski definition) is 4. The lowest BCUT2D eigenvalue weighted by Gasteiger charge is -2.19. The second-order valence-electron chi connectivity index (χ2n) is 4.26. The summed E-state index contributed by atoms with van der Waals surface area (Å²) >= 11 is 2.27. The van der Waals surface area contributed by atoms with Crippen molar-refractivity contribution in [3.05, 3.63) is 15.1 Å². The fourth-order valence-corrected chi connectivity index (χ4v) is 2.10. The molecule has 0 saturated carbocycles. The molecule has 1 aromatic rings. The van der Waals surface area contributed by atoms with Gasteiger partial charge in [0, 0.05) is 13.7 Å². The largest absolute Gasteiger partial charge is 0.373 e. The summed E-state index contributed by atoms with van der Waals surface area (Å²) in [5.41, 5.74) is 0.995. The smallest absolute Gasteiger partial charge is 0.160 e. The molecular formula is C12H20IN3O. The van der Waals surface area contributed by atoms with Crippen molar-refractivity contribution in [3.63, 3.8) is 0 Å². The molecule has 17 heavy (non-hydrogen) atoms. The molecule has 0 amide bonds. The third kappa shape index (κ3) is 3.51. The highest BCUT2D eigenvalue weighted by Crippen LogP contribution is 2.26. The molecule has 0 aliphatic carbocycles. The van der Waals surface area contributed by atoms with Gasteiger partial charge in [-0.1, -0.05) is 13.8 Å². The van der Waals surface area contributed by atoms with Crippen molar-refractivity contribution >= 4 is 28.4 Å². The van der Waals surface area contributed by atoms with Crippen LogP contribution in [0.3, 0.4) is 0 Å². The molecule has 0 aliphatic heterocycles. The van der Waals surface area contributed by atoms with Crippen LogP contribution in [0.5, 0.6) is 0 Å². The lowest BCUT2D eigenvalue weighted by Crippen LogP contribution is -2.16. The van der Waals surface area contributed by atoms with E-state index in [2.05, 4.69) is 58.6 Å². The maximum atomic E-state index is 5.47. The first-order valence-corrected chi connectivity index (χ1v) is 6.89. The number of ether oxygens (including phenoxy) is 1. The van der Waals surface area contributed by atoms with E-state index in [1.54, 1.807) is 7.11 Å². The van der Waals surface area contributed by atoms with E-state index in [1.165, 1.54) is 0 Å². The highest BCUT2D eigenvalue weighted by molar-refractivity contribution is 14.1. The van der Waals surface area contributed by atoms with E-state index in [1.807, 2.05) is 6.92 Å². The van der Waals surface area contributed by atoms with Gasteiger partial charge in [-0.05, 0) is 42.4 Å². The summed E-state index contributed by atoms with van der Waals surface area (Å²) in [6.07, 6.45) is -0.0527. The van der Waals surface area contributed by atoms with Gasteiger partial charge in [0.05, 0.1) is 9.26 Å². The van der Waals surface area contributed by atoms with Gasteiger partial charge in [-0.3, -0.25) is 0 Å². The topological polar surface area (TPSA) is 47.0 Å². The number of methoxy groups -OCH3 is 1. The molecule has 1 N–H and O–H groups in total. The lowest BCUT2D eigenvalue weighted by molar-refractivity contribution is 0.0574. The average molecular weight is 349 g/mol. The monoisotopic (exact) mass is 349 g/mol. The zero-order chi connectivity index (χ0) is 13.0. The van der Waals surface area contributed by atoms with E-state index in [-0.39, 0.29) is 6.10 Å². The predicted octanol–water partition coefficient (Wildman–Crippen LogP) is 3.16. The Labute approximate surface area is 117 Å². The first kappa shape index (κ1) is 14.6. The summed E-state index contributed by atoms with van der Waals surface area (Å²) in [5, 5.41) is 3.26. The van der Waals surface area contributed by atoms with Gasteiger partial charge in [0.2, 0.25) is 0 Å². The van der Waals surface area contributed by atoms with Crippen LogP contribution in [0.15, 0.2) is 0 Å². The Kier molecular flexibility index (Phi) is 5.58. The van der Waals surface area contributed by atoms with E-state index in [9.17, 15) is 0 Å². The van der Waals surface area contributed by atoms with Gasteiger partial charge in [-0.15, -0.1) is 0 Å². The highest BCUT2D eigenvalue weighted by atomic mass is 127. The van der Waals surface area contributed by atoms with Crippen LogP contribution in [0.2, 0.25) is 0 Å². The van der Waals surface area contributed by atoms with Gasteiger partial charge in [-0.2, -0.15) is 0 Å². The molecule has 4 nitrogen and oxygen atoms in total. The Morgan fingerprint density at radius 3 is 2.47 bits per heavy atom. The second-order valence-corrected chi connectivity index (χ2v) is 5.34. The zero-order valence-electron chi connectivity index (χ0n) is 11.0. The van der Waals surface area contributed by atoms with Gasteiger partial charge in [0.1, 0.15) is 11.9 Å². The van der Waals surface area contributed by atoms with Crippen LogP contribution in [0.4, 0.5) is 5.82 Å². The molecule has 1 aromatic heterocycles. The molecule has 1 rings (SSSR count). The standard InChI is InChI=1S/C12H20IN3O/c1-6-14-11-9(13)8(4)15-12(16-11)10(17-5)7(2)3/h7,10H,6H2,1-5H3,(H,14,15,16). The molecule has 0 fully saturated rings. The van der Waals surface area contributed by atoms with Crippen molar-refractivity contribution in [1.82, 2.24) is 9.97 Å². The molecule has 0 aromatic carbocycles. The second kappa shape index (κ2) is 6.49. The molecule has 0 radical (unpaired) electrons. The average Bonchev–Trinajstić information content (AvgIpc) is 2.26. The summed E-state index contributed by atoms with van der Waals surface area (Å²) in [6, 6.07) is 0. The summed E-state index contributed by atoms with van der Waals surface area (Å²) in [7, 11) is 1.70. The highest BCUT2D eigenvalue weighted by Gasteiger charge is 2.20. The minimum absolute atomic E-state index is 0.0527. The van der Waals surface area contributed by atoms with Gasteiger partial charge in [0.15, 0.2) is 5.82 Å². The number of aryl methyl sites for hydroxylation is 1. The van der Waals surface area contributed by atoms with Crippen molar-refractivity contribution in [2.75, 3.05) is 19.0 Å². The first-order chi connectivity index (χ1) is 8.01. The Morgan fingerprint density at radius 2 is 2.00 bits per heavy atom. The minimum Gasteiger partial charge on any atom is -0.373 e. The summed E-state index contributed by atoms with van der Waals surface area (Å²) in [6.45, 7) is 9.13. The molecule has 0 bridgehead atoms. The van der Waals surface area contributed by atoms with Crippen LogP contribution in [0, 0.1) is 16.4 Å².